The maximum absolute atomic E-state index is 13.7. The van der Waals surface area contributed by atoms with Gasteiger partial charge in [0.15, 0.2) is 0 Å². The molecule has 1 N–H and O–H groups in total. The van der Waals surface area contributed by atoms with Crippen LogP contribution >= 0.6 is 0 Å². The van der Waals surface area contributed by atoms with Crippen molar-refractivity contribution < 1.29 is 33.0 Å². The predicted molar refractivity (Wildman–Crippen MR) is 114 cm³/mol. The van der Waals surface area contributed by atoms with Crippen molar-refractivity contribution in [2.24, 2.45) is 0 Å². The quantitative estimate of drug-likeness (QED) is 0.362. The predicted octanol–water partition coefficient (Wildman–Crippen LogP) is 4.37. The zero-order valence-corrected chi connectivity index (χ0v) is 17.6. The van der Waals surface area contributed by atoms with Crippen molar-refractivity contribution in [3.05, 3.63) is 83.1 Å². The number of furan rings is 1. The van der Waals surface area contributed by atoms with E-state index in [1.54, 1.807) is 30.3 Å². The van der Waals surface area contributed by atoms with Gasteiger partial charge < -0.3 is 19.0 Å². The van der Waals surface area contributed by atoms with Gasteiger partial charge in [0, 0.05) is 23.8 Å². The van der Waals surface area contributed by atoms with Crippen LogP contribution in [0.4, 0.5) is 10.1 Å². The summed E-state index contributed by atoms with van der Waals surface area (Å²) in [5, 5.41) is 11.0. The number of anilines is 1. The Kier molecular flexibility index (Phi) is 5.44. The fourth-order valence-electron chi connectivity index (χ4n) is 3.69. The number of aliphatic hydroxyl groups excluding tert-OH is 1. The first-order valence-corrected chi connectivity index (χ1v) is 9.69. The molecule has 0 bridgehead atoms. The Balaban J connectivity index is 1.94. The molecule has 0 saturated carbocycles. The highest BCUT2D eigenvalue weighted by molar-refractivity contribution is 6.51. The lowest BCUT2D eigenvalue weighted by Crippen LogP contribution is -2.29. The largest absolute Gasteiger partial charge is 0.507 e. The summed E-state index contributed by atoms with van der Waals surface area (Å²) in [6.45, 7) is 1.54. The molecule has 1 fully saturated rings. The standard InChI is InChI=1S/C24H20FNO6/c1-13-9-14(6-7-18(13)25)22(27)20-21(19-5-4-8-32-19)26(24(29)23(20)28)15-10-16(30-2)12-17(11-15)31-3/h4-12,21,27H,1-3H3/b22-20-. The SMILES string of the molecule is COc1cc(OC)cc(N2C(=O)C(=O)/C(=C(\O)c3ccc(F)c(C)c3)C2c2ccco2)c1. The smallest absolute Gasteiger partial charge is 0.300 e. The first-order valence-electron chi connectivity index (χ1n) is 9.69. The third-order valence-corrected chi connectivity index (χ3v) is 5.30. The summed E-state index contributed by atoms with van der Waals surface area (Å²) in [5.74, 6) is -1.54. The van der Waals surface area contributed by atoms with E-state index in [4.69, 9.17) is 13.9 Å². The molecule has 164 valence electrons. The number of hydrogen-bond donors (Lipinski definition) is 1. The molecule has 1 unspecified atom stereocenters. The third kappa shape index (κ3) is 3.49. The average Bonchev–Trinajstić information content (AvgIpc) is 3.41. The normalized spacial score (nSPS) is 17.6. The number of rotatable bonds is 5. The molecule has 7 nitrogen and oxygen atoms in total. The van der Waals surface area contributed by atoms with Gasteiger partial charge in [-0.05, 0) is 42.8 Å². The molecule has 3 aromatic rings. The van der Waals surface area contributed by atoms with E-state index >= 15 is 0 Å². The molecule has 1 aromatic heterocycles. The van der Waals surface area contributed by atoms with E-state index < -0.39 is 29.3 Å². The lowest BCUT2D eigenvalue weighted by Gasteiger charge is -2.24. The highest BCUT2D eigenvalue weighted by atomic mass is 19.1. The molecule has 1 amide bonds. The maximum atomic E-state index is 13.7. The number of amides is 1. The molecule has 1 atom stereocenters. The van der Waals surface area contributed by atoms with Gasteiger partial charge in [-0.2, -0.15) is 0 Å². The summed E-state index contributed by atoms with van der Waals surface area (Å²) in [7, 11) is 2.93. The second kappa shape index (κ2) is 8.22. The van der Waals surface area contributed by atoms with Crippen LogP contribution in [0.2, 0.25) is 0 Å². The summed E-state index contributed by atoms with van der Waals surface area (Å²) in [4.78, 5) is 27.4. The summed E-state index contributed by atoms with van der Waals surface area (Å²) < 4.78 is 29.8. The van der Waals surface area contributed by atoms with Crippen molar-refractivity contribution in [1.82, 2.24) is 0 Å². The molecule has 2 aromatic carbocycles. The highest BCUT2D eigenvalue weighted by Gasteiger charge is 2.48. The fraction of sp³-hybridized carbons (Fsp3) is 0.167. The van der Waals surface area contributed by atoms with Crippen LogP contribution in [0.15, 0.2) is 64.8 Å². The Bertz CT molecular complexity index is 1210. The highest BCUT2D eigenvalue weighted by Crippen LogP contribution is 2.44. The Morgan fingerprint density at radius 3 is 2.31 bits per heavy atom. The fourth-order valence-corrected chi connectivity index (χ4v) is 3.69. The first kappa shape index (κ1) is 21.2. The Morgan fingerprint density at radius 2 is 1.75 bits per heavy atom. The monoisotopic (exact) mass is 437 g/mol. The van der Waals surface area contributed by atoms with Gasteiger partial charge in [0.2, 0.25) is 0 Å². The van der Waals surface area contributed by atoms with E-state index in [0.717, 1.165) is 0 Å². The summed E-state index contributed by atoms with van der Waals surface area (Å²) >= 11 is 0. The van der Waals surface area contributed by atoms with Gasteiger partial charge >= 0.3 is 0 Å². The van der Waals surface area contributed by atoms with Crippen molar-refractivity contribution in [1.29, 1.82) is 0 Å². The first-order chi connectivity index (χ1) is 15.3. The van der Waals surface area contributed by atoms with Gasteiger partial charge in [-0.25, -0.2) is 4.39 Å². The van der Waals surface area contributed by atoms with Gasteiger partial charge in [-0.3, -0.25) is 14.5 Å². The zero-order chi connectivity index (χ0) is 23.0. The second-order valence-electron chi connectivity index (χ2n) is 7.22. The van der Waals surface area contributed by atoms with E-state index in [-0.39, 0.29) is 22.5 Å². The molecule has 4 rings (SSSR count). The number of hydrogen-bond acceptors (Lipinski definition) is 6. The third-order valence-electron chi connectivity index (χ3n) is 5.30. The molecule has 0 aliphatic carbocycles. The van der Waals surface area contributed by atoms with E-state index in [0.29, 0.717) is 17.2 Å². The van der Waals surface area contributed by atoms with Crippen LogP contribution in [-0.4, -0.2) is 31.0 Å². The van der Waals surface area contributed by atoms with Gasteiger partial charge in [-0.1, -0.05) is 0 Å². The molecule has 8 heteroatoms. The van der Waals surface area contributed by atoms with Crippen molar-refractivity contribution in [2.45, 2.75) is 13.0 Å². The minimum atomic E-state index is -1.05. The molecular formula is C24H20FNO6. The minimum absolute atomic E-state index is 0.169. The van der Waals surface area contributed by atoms with Crippen LogP contribution < -0.4 is 14.4 Å². The van der Waals surface area contributed by atoms with Crippen LogP contribution in [0.5, 0.6) is 11.5 Å². The van der Waals surface area contributed by atoms with Crippen LogP contribution in [-0.2, 0) is 9.59 Å². The minimum Gasteiger partial charge on any atom is -0.507 e. The number of halogens is 1. The van der Waals surface area contributed by atoms with E-state index in [2.05, 4.69) is 0 Å². The number of carbonyl (C=O) groups excluding carboxylic acids is 2. The number of benzene rings is 2. The van der Waals surface area contributed by atoms with Gasteiger partial charge in [0.1, 0.15) is 34.9 Å². The molecule has 0 spiro atoms. The van der Waals surface area contributed by atoms with E-state index in [9.17, 15) is 19.1 Å². The summed E-state index contributed by atoms with van der Waals surface area (Å²) in [5.41, 5.74) is 0.647. The van der Waals surface area contributed by atoms with Crippen molar-refractivity contribution >= 4 is 23.1 Å². The lowest BCUT2D eigenvalue weighted by molar-refractivity contribution is -0.132. The molecule has 1 saturated heterocycles. The Hall–Kier alpha value is -4.07. The van der Waals surface area contributed by atoms with Crippen LogP contribution in [0.3, 0.4) is 0 Å². The molecule has 1 aliphatic rings. The van der Waals surface area contributed by atoms with E-state index in [1.165, 1.54) is 50.5 Å². The molecule has 0 radical (unpaired) electrons. The molecule has 2 heterocycles. The number of carbonyl (C=O) groups is 2. The number of aliphatic hydroxyl groups is 1. The summed E-state index contributed by atoms with van der Waals surface area (Å²) in [6.07, 6.45) is 1.41. The number of nitrogens with zero attached hydrogens (tertiary/aromatic N) is 1. The van der Waals surface area contributed by atoms with Crippen LogP contribution in [0.25, 0.3) is 5.76 Å². The van der Waals surface area contributed by atoms with Crippen molar-refractivity contribution in [3.8, 4) is 11.5 Å². The van der Waals surface area contributed by atoms with Gasteiger partial charge in [-0.15, -0.1) is 0 Å². The lowest BCUT2D eigenvalue weighted by atomic mass is 9.98. The topological polar surface area (TPSA) is 89.2 Å². The molecular weight excluding hydrogens is 417 g/mol. The molecule has 1 aliphatic heterocycles. The number of ketones is 1. The van der Waals surface area contributed by atoms with Crippen molar-refractivity contribution in [2.75, 3.05) is 19.1 Å². The molecule has 32 heavy (non-hydrogen) atoms. The van der Waals surface area contributed by atoms with Gasteiger partial charge in [0.25, 0.3) is 11.7 Å². The summed E-state index contributed by atoms with van der Waals surface area (Å²) in [6, 6.07) is 10.9. The number of methoxy groups -OCH3 is 2. The van der Waals surface area contributed by atoms with Gasteiger partial charge in [0.05, 0.1) is 31.7 Å². The van der Waals surface area contributed by atoms with Crippen LogP contribution in [0, 0.1) is 12.7 Å². The second-order valence-corrected chi connectivity index (χ2v) is 7.22. The van der Waals surface area contributed by atoms with Crippen molar-refractivity contribution in [3.63, 3.8) is 0 Å². The number of ether oxygens (including phenoxy) is 2. The number of aryl methyl sites for hydroxylation is 1. The zero-order valence-electron chi connectivity index (χ0n) is 17.6. The Labute approximate surface area is 183 Å². The number of Topliss-reactive ketones (excluding diaryl/α,β-unsaturated/α-hetero) is 1. The Morgan fingerprint density at radius 1 is 1.06 bits per heavy atom. The van der Waals surface area contributed by atoms with Crippen LogP contribution in [0.1, 0.15) is 22.9 Å². The maximum Gasteiger partial charge on any atom is 0.300 e. The average molecular weight is 437 g/mol. The van der Waals surface area contributed by atoms with E-state index in [1.807, 2.05) is 0 Å².